The average molecular weight is 353 g/mol. The first-order chi connectivity index (χ1) is 9.68. The van der Waals surface area contributed by atoms with Crippen molar-refractivity contribution in [3.05, 3.63) is 17.0 Å². The zero-order valence-corrected chi connectivity index (χ0v) is 14.5. The van der Waals surface area contributed by atoms with Crippen molar-refractivity contribution in [2.24, 2.45) is 0 Å². The Hall–Kier alpha value is -0.480. The molecule has 0 aliphatic heterocycles. The summed E-state index contributed by atoms with van der Waals surface area (Å²) in [7, 11) is -5.38. The molecule has 21 heavy (non-hydrogen) atoms. The van der Waals surface area contributed by atoms with Crippen LogP contribution in [-0.2, 0) is 26.4 Å². The van der Waals surface area contributed by atoms with Gasteiger partial charge in [0.2, 0.25) is 0 Å². The molecule has 0 aromatic carbocycles. The average Bonchev–Trinajstić information content (AvgIpc) is 3.08. The molecule has 0 spiro atoms. The third kappa shape index (κ3) is 5.03. The number of sulfone groups is 1. The van der Waals surface area contributed by atoms with E-state index in [2.05, 4.69) is 5.32 Å². The molecule has 0 saturated heterocycles. The van der Waals surface area contributed by atoms with Gasteiger partial charge < -0.3 is 5.32 Å². The largest absolute Gasteiger partial charge is 0.310 e. The fraction of sp³-hybridized carbons (Fsp3) is 0.667. The number of thiophene rings is 1. The lowest BCUT2D eigenvalue weighted by molar-refractivity contribution is 0.486. The Morgan fingerprint density at radius 3 is 2.57 bits per heavy atom. The highest BCUT2D eigenvalue weighted by molar-refractivity contribution is 7.91. The van der Waals surface area contributed by atoms with Crippen LogP contribution in [0.2, 0.25) is 0 Å². The van der Waals surface area contributed by atoms with Crippen LogP contribution in [-0.4, -0.2) is 52.8 Å². The van der Waals surface area contributed by atoms with Gasteiger partial charge in [-0.05, 0) is 29.9 Å². The summed E-state index contributed by atoms with van der Waals surface area (Å²) in [5, 5.41) is 5.16. The molecule has 0 amide bonds. The lowest BCUT2D eigenvalue weighted by Crippen LogP contribution is -2.31. The molecule has 120 valence electrons. The highest BCUT2D eigenvalue weighted by Crippen LogP contribution is 2.24. The monoisotopic (exact) mass is 352 g/mol. The van der Waals surface area contributed by atoms with Crippen LogP contribution in [0.15, 0.2) is 15.7 Å². The molecule has 1 heterocycles. The molecule has 0 atom stereocenters. The second kappa shape index (κ2) is 6.33. The molecular formula is C12H20N2O4S3. The van der Waals surface area contributed by atoms with Gasteiger partial charge in [0.15, 0.2) is 0 Å². The molecular weight excluding hydrogens is 332 g/mol. The molecule has 1 saturated carbocycles. The Balaban J connectivity index is 2.00. The summed E-state index contributed by atoms with van der Waals surface area (Å²) in [6.07, 6.45) is 3.47. The number of nitrogens with zero attached hydrogens (tertiary/aromatic N) is 1. The van der Waals surface area contributed by atoms with Crippen molar-refractivity contribution < 1.29 is 16.8 Å². The zero-order chi connectivity index (χ0) is 15.7. The summed E-state index contributed by atoms with van der Waals surface area (Å²) < 4.78 is 48.3. The minimum Gasteiger partial charge on any atom is -0.310 e. The number of rotatable bonds is 8. The molecule has 1 fully saturated rings. The third-order valence-corrected chi connectivity index (χ3v) is 7.49. The summed E-state index contributed by atoms with van der Waals surface area (Å²) >= 11 is 1.17. The minimum atomic E-state index is -3.60. The van der Waals surface area contributed by atoms with E-state index in [0.717, 1.165) is 16.1 Å². The smallest absolute Gasteiger partial charge is 0.252 e. The molecule has 6 nitrogen and oxygen atoms in total. The van der Waals surface area contributed by atoms with Gasteiger partial charge in [-0.15, -0.1) is 11.3 Å². The van der Waals surface area contributed by atoms with Crippen LogP contribution in [0.1, 0.15) is 18.4 Å². The van der Waals surface area contributed by atoms with Crippen molar-refractivity contribution >= 4 is 31.2 Å². The van der Waals surface area contributed by atoms with Gasteiger partial charge in [0.05, 0.1) is 5.75 Å². The summed E-state index contributed by atoms with van der Waals surface area (Å²) in [6.45, 7) is 0.637. The SMILES string of the molecule is CN(CCS(C)(=O)=O)S(=O)(=O)c1cc(CNC2CC2)cs1. The van der Waals surface area contributed by atoms with Gasteiger partial charge in [-0.2, -0.15) is 4.31 Å². The summed E-state index contributed by atoms with van der Waals surface area (Å²) in [5.41, 5.74) is 0.946. The van der Waals surface area contributed by atoms with E-state index in [0.29, 0.717) is 12.6 Å². The molecule has 2 rings (SSSR count). The van der Waals surface area contributed by atoms with Crippen molar-refractivity contribution in [1.29, 1.82) is 0 Å². The molecule has 1 aliphatic rings. The van der Waals surface area contributed by atoms with Crippen molar-refractivity contribution in [3.8, 4) is 0 Å². The molecule has 0 bridgehead atoms. The predicted molar refractivity (Wildman–Crippen MR) is 83.7 cm³/mol. The van der Waals surface area contributed by atoms with Crippen molar-refractivity contribution in [3.63, 3.8) is 0 Å². The number of nitrogens with one attached hydrogen (secondary N) is 1. The summed E-state index contributed by atoms with van der Waals surface area (Å²) in [4.78, 5) is 0. The standard InChI is InChI=1S/C12H20N2O4S3/c1-14(5-6-20(2,15)16)21(17,18)12-7-10(9-19-12)8-13-11-3-4-11/h7,9,11,13H,3-6,8H2,1-2H3. The summed E-state index contributed by atoms with van der Waals surface area (Å²) in [6, 6.07) is 2.23. The van der Waals surface area contributed by atoms with Crippen molar-refractivity contribution in [2.45, 2.75) is 29.6 Å². The number of sulfonamides is 1. The van der Waals surface area contributed by atoms with E-state index in [1.54, 1.807) is 6.07 Å². The van der Waals surface area contributed by atoms with E-state index in [-0.39, 0.29) is 16.5 Å². The number of hydrogen-bond acceptors (Lipinski definition) is 6. The van der Waals surface area contributed by atoms with Crippen LogP contribution in [0.3, 0.4) is 0 Å². The van der Waals surface area contributed by atoms with Crippen molar-refractivity contribution in [1.82, 2.24) is 9.62 Å². The highest BCUT2D eigenvalue weighted by atomic mass is 32.2. The first kappa shape index (κ1) is 16.9. The van der Waals surface area contributed by atoms with E-state index in [9.17, 15) is 16.8 Å². The quantitative estimate of drug-likeness (QED) is 0.743. The molecule has 1 aromatic heterocycles. The van der Waals surface area contributed by atoms with Gasteiger partial charge in [-0.1, -0.05) is 0 Å². The predicted octanol–water partition coefficient (Wildman–Crippen LogP) is 0.665. The molecule has 9 heteroatoms. The van der Waals surface area contributed by atoms with Gasteiger partial charge in [0.25, 0.3) is 10.0 Å². The first-order valence-corrected chi connectivity index (χ1v) is 11.0. The second-order valence-corrected chi connectivity index (χ2v) is 10.8. The second-order valence-electron chi connectivity index (χ2n) is 5.39. The molecule has 0 unspecified atom stereocenters. The van der Waals surface area contributed by atoms with E-state index in [1.165, 1.54) is 31.2 Å². The maximum Gasteiger partial charge on any atom is 0.252 e. The first-order valence-electron chi connectivity index (χ1n) is 6.63. The Kier molecular flexibility index (Phi) is 5.09. The van der Waals surface area contributed by atoms with Crippen LogP contribution in [0.5, 0.6) is 0 Å². The fourth-order valence-electron chi connectivity index (χ4n) is 1.70. The van der Waals surface area contributed by atoms with Crippen LogP contribution in [0.4, 0.5) is 0 Å². The maximum atomic E-state index is 12.3. The lowest BCUT2D eigenvalue weighted by Gasteiger charge is -2.15. The fourth-order valence-corrected chi connectivity index (χ4v) is 5.01. The topological polar surface area (TPSA) is 83.6 Å². The van der Waals surface area contributed by atoms with Crippen LogP contribution in [0.25, 0.3) is 0 Å². The van der Waals surface area contributed by atoms with Gasteiger partial charge in [0.1, 0.15) is 14.0 Å². The van der Waals surface area contributed by atoms with Gasteiger partial charge in [0, 0.05) is 32.4 Å². The van der Waals surface area contributed by atoms with Gasteiger partial charge in [-0.3, -0.25) is 0 Å². The van der Waals surface area contributed by atoms with Crippen LogP contribution in [0, 0.1) is 0 Å². The van der Waals surface area contributed by atoms with E-state index in [1.807, 2.05) is 5.38 Å². The molecule has 1 aromatic rings. The Morgan fingerprint density at radius 1 is 1.33 bits per heavy atom. The van der Waals surface area contributed by atoms with E-state index < -0.39 is 19.9 Å². The third-order valence-electron chi connectivity index (χ3n) is 3.24. The van der Waals surface area contributed by atoms with Crippen molar-refractivity contribution in [2.75, 3.05) is 25.6 Å². The molecule has 1 N–H and O–H groups in total. The lowest BCUT2D eigenvalue weighted by atomic mass is 10.3. The maximum absolute atomic E-state index is 12.3. The normalized spacial score (nSPS) is 16.5. The Morgan fingerprint density at radius 2 is 2.00 bits per heavy atom. The number of hydrogen-bond donors (Lipinski definition) is 1. The summed E-state index contributed by atoms with van der Waals surface area (Å²) in [5.74, 6) is -0.176. The highest BCUT2D eigenvalue weighted by Gasteiger charge is 2.24. The Bertz CT molecular complexity index is 690. The molecule has 0 radical (unpaired) electrons. The van der Waals surface area contributed by atoms with Crippen LogP contribution < -0.4 is 5.32 Å². The van der Waals surface area contributed by atoms with E-state index in [4.69, 9.17) is 0 Å². The minimum absolute atomic E-state index is 0.0330. The van der Waals surface area contributed by atoms with Crippen LogP contribution >= 0.6 is 11.3 Å². The Labute approximate surface area is 130 Å². The molecule has 1 aliphatic carbocycles. The zero-order valence-electron chi connectivity index (χ0n) is 12.1. The van der Waals surface area contributed by atoms with Gasteiger partial charge in [-0.25, -0.2) is 16.8 Å². The van der Waals surface area contributed by atoms with Gasteiger partial charge >= 0.3 is 0 Å². The van der Waals surface area contributed by atoms with E-state index >= 15 is 0 Å².